The second kappa shape index (κ2) is 7.89. The van der Waals surface area contributed by atoms with E-state index in [1.54, 1.807) is 19.1 Å². The first-order valence-electron chi connectivity index (χ1n) is 6.46. The fourth-order valence-electron chi connectivity index (χ4n) is 1.57. The van der Waals surface area contributed by atoms with Crippen LogP contribution >= 0.6 is 0 Å². The molecule has 0 saturated carbocycles. The van der Waals surface area contributed by atoms with Gasteiger partial charge in [-0.25, -0.2) is 4.98 Å². The van der Waals surface area contributed by atoms with Crippen LogP contribution in [0.5, 0.6) is 0 Å². The summed E-state index contributed by atoms with van der Waals surface area (Å²) in [6.07, 6.45) is 4.63. The normalized spacial score (nSPS) is 13.8. The highest BCUT2D eigenvalue weighted by Gasteiger charge is 2.23. The average molecular weight is 283 g/mol. The maximum atomic E-state index is 12.2. The Hall–Kier alpha value is -1.43. The van der Waals surface area contributed by atoms with Crippen molar-refractivity contribution < 1.29 is 9.00 Å². The molecule has 1 amide bonds. The summed E-state index contributed by atoms with van der Waals surface area (Å²) in [5, 5.41) is 2.41. The van der Waals surface area contributed by atoms with E-state index in [0.717, 1.165) is 19.3 Å². The lowest BCUT2D eigenvalue weighted by molar-refractivity contribution is -0.120. The quantitative estimate of drug-likeness (QED) is 0.742. The van der Waals surface area contributed by atoms with E-state index in [1.165, 1.54) is 6.20 Å². The first kappa shape index (κ1) is 15.6. The Morgan fingerprint density at radius 3 is 2.89 bits per heavy atom. The Bertz CT molecular complexity index is 451. The number of unbranched alkanes of at least 4 members (excludes halogenated alkanes) is 2. The first-order valence-corrected chi connectivity index (χ1v) is 7.68. The maximum absolute atomic E-state index is 12.2. The Balaban J connectivity index is 2.57. The monoisotopic (exact) mass is 283 g/mol. The number of amides is 1. The standard InChI is InChI=1S/C13H21N3O2S/c1-3-4-5-8-15-12(17)10(2)19(18)13-11(14)7-6-9-16-13/h6-7,9-10H,3-5,8,14H2,1-2H3,(H,15,17). The van der Waals surface area contributed by atoms with Gasteiger partial charge in [0.25, 0.3) is 0 Å². The zero-order valence-electron chi connectivity index (χ0n) is 11.4. The van der Waals surface area contributed by atoms with E-state index >= 15 is 0 Å². The van der Waals surface area contributed by atoms with Gasteiger partial charge in [-0.15, -0.1) is 0 Å². The third-order valence-electron chi connectivity index (χ3n) is 2.76. The molecule has 6 heteroatoms. The highest BCUT2D eigenvalue weighted by atomic mass is 32.2. The number of aromatic nitrogens is 1. The van der Waals surface area contributed by atoms with Gasteiger partial charge in [-0.1, -0.05) is 19.8 Å². The number of anilines is 1. The molecule has 0 aromatic carbocycles. The lowest BCUT2D eigenvalue weighted by atomic mass is 10.2. The zero-order chi connectivity index (χ0) is 14.3. The van der Waals surface area contributed by atoms with E-state index in [4.69, 9.17) is 5.73 Å². The highest BCUT2D eigenvalue weighted by Crippen LogP contribution is 2.15. The zero-order valence-corrected chi connectivity index (χ0v) is 12.2. The fraction of sp³-hybridized carbons (Fsp3) is 0.538. The summed E-state index contributed by atoms with van der Waals surface area (Å²) in [7, 11) is -1.53. The van der Waals surface area contributed by atoms with E-state index in [0.29, 0.717) is 12.2 Å². The van der Waals surface area contributed by atoms with Crippen LogP contribution in [0.3, 0.4) is 0 Å². The van der Waals surface area contributed by atoms with Crippen molar-refractivity contribution in [3.05, 3.63) is 18.3 Å². The minimum atomic E-state index is -1.53. The van der Waals surface area contributed by atoms with Gasteiger partial charge in [0.05, 0.1) is 16.5 Å². The van der Waals surface area contributed by atoms with Gasteiger partial charge in [0, 0.05) is 12.7 Å². The maximum Gasteiger partial charge on any atom is 0.235 e. The smallest absolute Gasteiger partial charge is 0.235 e. The van der Waals surface area contributed by atoms with Crippen LogP contribution < -0.4 is 11.1 Å². The summed E-state index contributed by atoms with van der Waals surface area (Å²) in [6, 6.07) is 3.30. The molecule has 3 N–H and O–H groups in total. The third-order valence-corrected chi connectivity index (χ3v) is 4.34. The first-order chi connectivity index (χ1) is 9.07. The number of nitrogens with two attached hydrogens (primary N) is 1. The van der Waals surface area contributed by atoms with Crippen molar-refractivity contribution in [3.63, 3.8) is 0 Å². The molecule has 2 unspecified atom stereocenters. The molecule has 1 rings (SSSR count). The van der Waals surface area contributed by atoms with Gasteiger partial charge in [-0.05, 0) is 25.5 Å². The van der Waals surface area contributed by atoms with Crippen molar-refractivity contribution in [2.45, 2.75) is 43.4 Å². The molecule has 5 nitrogen and oxygen atoms in total. The van der Waals surface area contributed by atoms with Crippen LogP contribution in [0.2, 0.25) is 0 Å². The highest BCUT2D eigenvalue weighted by molar-refractivity contribution is 7.86. The second-order valence-electron chi connectivity index (χ2n) is 4.34. The van der Waals surface area contributed by atoms with Crippen LogP contribution in [0.25, 0.3) is 0 Å². The van der Waals surface area contributed by atoms with Gasteiger partial charge in [0.1, 0.15) is 5.25 Å². The van der Waals surface area contributed by atoms with Gasteiger partial charge in [0.2, 0.25) is 5.91 Å². The van der Waals surface area contributed by atoms with Gasteiger partial charge >= 0.3 is 0 Å². The molecule has 1 aromatic rings. The number of carbonyl (C=O) groups is 1. The van der Waals surface area contributed by atoms with Crippen molar-refractivity contribution in [3.8, 4) is 0 Å². The molecule has 0 saturated heterocycles. The summed E-state index contributed by atoms with van der Waals surface area (Å²) in [4.78, 5) is 15.8. The number of nitrogen functional groups attached to an aromatic ring is 1. The van der Waals surface area contributed by atoms with Gasteiger partial charge < -0.3 is 11.1 Å². The van der Waals surface area contributed by atoms with E-state index < -0.39 is 16.0 Å². The molecule has 0 bridgehead atoms. The average Bonchev–Trinajstić information content (AvgIpc) is 2.42. The molecule has 1 aromatic heterocycles. The van der Waals surface area contributed by atoms with E-state index in [-0.39, 0.29) is 10.9 Å². The lowest BCUT2D eigenvalue weighted by Crippen LogP contribution is -2.36. The molecule has 1 heterocycles. The fourth-order valence-corrected chi connectivity index (χ4v) is 2.64. The number of hydrogen-bond donors (Lipinski definition) is 2. The summed E-state index contributed by atoms with van der Waals surface area (Å²) in [5.41, 5.74) is 6.07. The summed E-state index contributed by atoms with van der Waals surface area (Å²) in [6.45, 7) is 4.34. The number of nitrogens with zero attached hydrogens (tertiary/aromatic N) is 1. The van der Waals surface area contributed by atoms with Crippen LogP contribution in [-0.4, -0.2) is 26.9 Å². The van der Waals surface area contributed by atoms with Crippen molar-refractivity contribution in [2.24, 2.45) is 0 Å². The van der Waals surface area contributed by atoms with Crippen molar-refractivity contribution >= 4 is 22.4 Å². The van der Waals surface area contributed by atoms with Crippen molar-refractivity contribution in [1.29, 1.82) is 0 Å². The Labute approximate surface area is 116 Å². The molecular formula is C13H21N3O2S. The summed E-state index contributed by atoms with van der Waals surface area (Å²) in [5.74, 6) is -0.223. The molecule has 0 fully saturated rings. The van der Waals surface area contributed by atoms with Gasteiger partial charge in [-0.2, -0.15) is 0 Å². The van der Waals surface area contributed by atoms with E-state index in [1.807, 2.05) is 0 Å². The molecule has 2 atom stereocenters. The predicted molar refractivity (Wildman–Crippen MR) is 77.1 cm³/mol. The van der Waals surface area contributed by atoms with Crippen LogP contribution in [0.1, 0.15) is 33.1 Å². The van der Waals surface area contributed by atoms with Gasteiger partial charge in [0.15, 0.2) is 5.03 Å². The second-order valence-corrected chi connectivity index (χ2v) is 6.02. The van der Waals surface area contributed by atoms with Crippen LogP contribution in [0.15, 0.2) is 23.4 Å². The summed E-state index contributed by atoms with van der Waals surface area (Å²) >= 11 is 0. The topological polar surface area (TPSA) is 85.1 Å². The van der Waals surface area contributed by atoms with E-state index in [9.17, 15) is 9.00 Å². The van der Waals surface area contributed by atoms with Crippen LogP contribution in [0.4, 0.5) is 5.69 Å². The number of nitrogens with one attached hydrogen (secondary N) is 1. The van der Waals surface area contributed by atoms with Gasteiger partial charge in [-0.3, -0.25) is 9.00 Å². The molecule has 0 radical (unpaired) electrons. The Kier molecular flexibility index (Phi) is 6.49. The number of carbonyl (C=O) groups excluding carboxylic acids is 1. The summed E-state index contributed by atoms with van der Waals surface area (Å²) < 4.78 is 12.2. The third kappa shape index (κ3) is 4.63. The number of pyridine rings is 1. The number of hydrogen-bond acceptors (Lipinski definition) is 4. The largest absolute Gasteiger partial charge is 0.396 e. The van der Waals surface area contributed by atoms with Crippen molar-refractivity contribution in [1.82, 2.24) is 10.3 Å². The predicted octanol–water partition coefficient (Wildman–Crippen LogP) is 1.47. The SMILES string of the molecule is CCCCCNC(=O)C(C)S(=O)c1ncccc1N. The van der Waals surface area contributed by atoms with Crippen molar-refractivity contribution in [2.75, 3.05) is 12.3 Å². The number of rotatable bonds is 7. The molecule has 0 aliphatic rings. The van der Waals surface area contributed by atoms with E-state index in [2.05, 4.69) is 17.2 Å². The lowest BCUT2D eigenvalue weighted by Gasteiger charge is -2.12. The molecular weight excluding hydrogens is 262 g/mol. The minimum Gasteiger partial charge on any atom is -0.396 e. The molecule has 0 spiro atoms. The molecule has 0 aliphatic carbocycles. The molecule has 19 heavy (non-hydrogen) atoms. The van der Waals surface area contributed by atoms with Crippen LogP contribution in [-0.2, 0) is 15.6 Å². The minimum absolute atomic E-state index is 0.223. The van der Waals surface area contributed by atoms with Crippen LogP contribution in [0, 0.1) is 0 Å². The Morgan fingerprint density at radius 2 is 2.26 bits per heavy atom. The Morgan fingerprint density at radius 1 is 1.53 bits per heavy atom. The molecule has 0 aliphatic heterocycles. The molecule has 106 valence electrons.